The second-order valence-corrected chi connectivity index (χ2v) is 14.8. The highest BCUT2D eigenvalue weighted by Crippen LogP contribution is 2.52. The lowest BCUT2D eigenvalue weighted by molar-refractivity contribution is 0.660. The number of amidine groups is 1. The smallest absolute Gasteiger partial charge is 0.160 e. The van der Waals surface area contributed by atoms with Gasteiger partial charge in [0, 0.05) is 27.3 Å². The quantitative estimate of drug-likeness (QED) is 0.177. The lowest BCUT2D eigenvalue weighted by Gasteiger charge is -2.21. The number of fused-ring (bicyclic) bond motifs is 6. The Morgan fingerprint density at radius 3 is 2.00 bits per heavy atom. The van der Waals surface area contributed by atoms with Crippen LogP contribution >= 0.6 is 0 Å². The van der Waals surface area contributed by atoms with Crippen molar-refractivity contribution >= 4 is 39.2 Å². The van der Waals surface area contributed by atoms with E-state index in [4.69, 9.17) is 14.4 Å². The van der Waals surface area contributed by atoms with Crippen molar-refractivity contribution in [2.75, 3.05) is 0 Å². The third kappa shape index (κ3) is 5.35. The zero-order valence-electron chi connectivity index (χ0n) is 30.4. The first-order valence-corrected chi connectivity index (χ1v) is 18.8. The van der Waals surface area contributed by atoms with Gasteiger partial charge in [-0.15, -0.1) is 0 Å². The molecule has 2 aliphatic rings. The molecule has 3 heteroatoms. The van der Waals surface area contributed by atoms with Gasteiger partial charge in [-0.25, -0.2) is 9.98 Å². The van der Waals surface area contributed by atoms with E-state index in [1.54, 1.807) is 0 Å². The monoisotopic (exact) mass is 694 g/mol. The van der Waals surface area contributed by atoms with Gasteiger partial charge in [-0.2, -0.15) is 0 Å². The van der Waals surface area contributed by atoms with Crippen LogP contribution < -0.4 is 0 Å². The van der Waals surface area contributed by atoms with Gasteiger partial charge in [-0.3, -0.25) is 0 Å². The Hall–Kier alpha value is -6.58. The summed E-state index contributed by atoms with van der Waals surface area (Å²) >= 11 is 0. The Balaban J connectivity index is 1.09. The number of benzene rings is 7. The Bertz CT molecular complexity index is 2840. The zero-order chi connectivity index (χ0) is 36.2. The highest BCUT2D eigenvalue weighted by molar-refractivity contribution is 6.15. The van der Waals surface area contributed by atoms with E-state index in [1.807, 2.05) is 24.3 Å². The molecule has 258 valence electrons. The summed E-state index contributed by atoms with van der Waals surface area (Å²) in [6, 6.07) is 58.2. The fourth-order valence-electron chi connectivity index (χ4n) is 8.53. The van der Waals surface area contributed by atoms with Crippen molar-refractivity contribution in [1.29, 1.82) is 0 Å². The summed E-state index contributed by atoms with van der Waals surface area (Å²) < 4.78 is 6.53. The van der Waals surface area contributed by atoms with Gasteiger partial charge in [0.25, 0.3) is 0 Å². The minimum Gasteiger partial charge on any atom is -0.456 e. The summed E-state index contributed by atoms with van der Waals surface area (Å²) in [5, 5.41) is 2.24. The molecule has 0 saturated heterocycles. The number of furan rings is 1. The van der Waals surface area contributed by atoms with Gasteiger partial charge in [0.2, 0.25) is 0 Å². The summed E-state index contributed by atoms with van der Waals surface area (Å²) in [6.45, 7) is 4.68. The Labute approximate surface area is 315 Å². The molecular weight excluding hydrogens is 657 g/mol. The van der Waals surface area contributed by atoms with Gasteiger partial charge >= 0.3 is 0 Å². The molecule has 10 rings (SSSR count). The molecule has 8 aromatic rings. The van der Waals surface area contributed by atoms with Crippen molar-refractivity contribution in [3.8, 4) is 33.4 Å². The zero-order valence-corrected chi connectivity index (χ0v) is 30.4. The van der Waals surface area contributed by atoms with Crippen molar-refractivity contribution in [1.82, 2.24) is 0 Å². The predicted molar refractivity (Wildman–Crippen MR) is 225 cm³/mol. The van der Waals surface area contributed by atoms with Crippen LogP contribution in [0, 0.1) is 0 Å². The summed E-state index contributed by atoms with van der Waals surface area (Å²) in [6.07, 6.45) is 3.93. The molecule has 1 aromatic heterocycles. The summed E-state index contributed by atoms with van der Waals surface area (Å²) in [7, 11) is 0. The van der Waals surface area contributed by atoms with Crippen LogP contribution in [0.2, 0.25) is 0 Å². The minimum atomic E-state index is -0.0546. The topological polar surface area (TPSA) is 37.9 Å². The maximum atomic E-state index is 6.53. The van der Waals surface area contributed by atoms with Crippen LogP contribution in [-0.4, -0.2) is 11.5 Å². The van der Waals surface area contributed by atoms with Gasteiger partial charge in [0.05, 0.1) is 11.4 Å². The third-order valence-corrected chi connectivity index (χ3v) is 11.2. The second kappa shape index (κ2) is 12.8. The standard InChI is InChI=1S/C51H38N2O/c1-51(2)42-24-10-9-21-40(42)48-38(22-12-25-43(48)51)36-29-30-46-41(32-36)49-39(23-13-28-47(49)54-46)35-19-11-20-37(31-35)45-27-14-26-44(33-15-5-3-6-16-33)52-50(53-45)34-17-7-4-8-18-34/h3-13,15-25,27-32H,14,26H2,1-2H3. The molecule has 0 saturated carbocycles. The fourth-order valence-corrected chi connectivity index (χ4v) is 8.53. The van der Waals surface area contributed by atoms with Crippen molar-refractivity contribution in [2.45, 2.75) is 32.1 Å². The van der Waals surface area contributed by atoms with Crippen LogP contribution in [-0.2, 0) is 5.41 Å². The van der Waals surface area contributed by atoms with Crippen LogP contribution in [0.5, 0.6) is 0 Å². The van der Waals surface area contributed by atoms with E-state index in [0.29, 0.717) is 0 Å². The molecule has 0 spiro atoms. The average Bonchev–Trinajstić information content (AvgIpc) is 3.70. The van der Waals surface area contributed by atoms with Gasteiger partial charge in [-0.1, -0.05) is 159 Å². The maximum Gasteiger partial charge on any atom is 0.160 e. The van der Waals surface area contributed by atoms with E-state index in [9.17, 15) is 0 Å². The van der Waals surface area contributed by atoms with E-state index in [2.05, 4.69) is 159 Å². The SMILES string of the molecule is CC1(C)c2ccccc2-c2c(-c3ccc4oc5cccc(-c6cccc(C7=CCCC(c8ccccc8)=NC(c8ccccc8)=N7)c6)c5c4c3)cccc21. The lowest BCUT2D eigenvalue weighted by Crippen LogP contribution is -2.14. The van der Waals surface area contributed by atoms with Crippen molar-refractivity contribution < 1.29 is 4.42 Å². The molecular formula is C51H38N2O. The van der Waals surface area contributed by atoms with Gasteiger partial charge in [0.1, 0.15) is 11.2 Å². The summed E-state index contributed by atoms with van der Waals surface area (Å²) in [5.74, 6) is 0.722. The van der Waals surface area contributed by atoms with E-state index in [0.717, 1.165) is 79.8 Å². The first-order valence-electron chi connectivity index (χ1n) is 18.8. The second-order valence-electron chi connectivity index (χ2n) is 14.8. The predicted octanol–water partition coefficient (Wildman–Crippen LogP) is 13.3. The molecule has 0 bridgehead atoms. The molecule has 1 aliphatic carbocycles. The molecule has 2 heterocycles. The first-order chi connectivity index (χ1) is 26.5. The molecule has 54 heavy (non-hydrogen) atoms. The van der Waals surface area contributed by atoms with Gasteiger partial charge in [0.15, 0.2) is 5.84 Å². The molecule has 7 aromatic carbocycles. The van der Waals surface area contributed by atoms with Crippen LogP contribution in [0.15, 0.2) is 184 Å². The Morgan fingerprint density at radius 1 is 0.500 bits per heavy atom. The van der Waals surface area contributed by atoms with Crippen LogP contribution in [0.4, 0.5) is 0 Å². The molecule has 0 radical (unpaired) electrons. The van der Waals surface area contributed by atoms with E-state index in [1.165, 1.54) is 33.4 Å². The fraction of sp³-hybridized carbons (Fsp3) is 0.0980. The van der Waals surface area contributed by atoms with Crippen molar-refractivity contribution in [3.05, 3.63) is 198 Å². The Kier molecular flexibility index (Phi) is 7.62. The van der Waals surface area contributed by atoms with E-state index < -0.39 is 0 Å². The van der Waals surface area contributed by atoms with Crippen LogP contribution in [0.25, 0.3) is 61.0 Å². The number of hydrogen-bond acceptors (Lipinski definition) is 3. The maximum absolute atomic E-state index is 6.53. The Morgan fingerprint density at radius 2 is 1.15 bits per heavy atom. The molecule has 0 N–H and O–H groups in total. The third-order valence-electron chi connectivity index (χ3n) is 11.2. The molecule has 0 atom stereocenters. The largest absolute Gasteiger partial charge is 0.456 e. The van der Waals surface area contributed by atoms with Crippen LogP contribution in [0.3, 0.4) is 0 Å². The summed E-state index contributed by atoms with van der Waals surface area (Å²) in [4.78, 5) is 10.4. The van der Waals surface area contributed by atoms with Gasteiger partial charge < -0.3 is 4.42 Å². The summed E-state index contributed by atoms with van der Waals surface area (Å²) in [5.41, 5.74) is 17.0. The lowest BCUT2D eigenvalue weighted by atomic mass is 9.82. The number of allylic oxidation sites excluding steroid dienone is 1. The van der Waals surface area contributed by atoms with E-state index in [-0.39, 0.29) is 5.41 Å². The van der Waals surface area contributed by atoms with Crippen LogP contribution in [0.1, 0.15) is 54.5 Å². The van der Waals surface area contributed by atoms with Crippen molar-refractivity contribution in [2.24, 2.45) is 9.98 Å². The number of nitrogens with zero attached hydrogens (tertiary/aromatic N) is 2. The molecule has 0 unspecified atom stereocenters. The van der Waals surface area contributed by atoms with E-state index >= 15 is 0 Å². The first kappa shape index (κ1) is 32.1. The molecule has 1 aliphatic heterocycles. The highest BCUT2D eigenvalue weighted by Gasteiger charge is 2.36. The minimum absolute atomic E-state index is 0.0546. The number of aliphatic imine (C=N–C) groups is 2. The normalized spacial score (nSPS) is 14.8. The van der Waals surface area contributed by atoms with Crippen molar-refractivity contribution in [3.63, 3.8) is 0 Å². The highest BCUT2D eigenvalue weighted by atomic mass is 16.3. The molecule has 0 fully saturated rings. The van der Waals surface area contributed by atoms with Gasteiger partial charge in [-0.05, 0) is 87.2 Å². The average molecular weight is 695 g/mol. The molecule has 3 nitrogen and oxygen atoms in total. The molecule has 0 amide bonds. The number of rotatable bonds is 5. The number of hydrogen-bond donors (Lipinski definition) is 0.